The zero-order chi connectivity index (χ0) is 8.43. The van der Waals surface area contributed by atoms with Crippen LogP contribution in [0.15, 0.2) is 0 Å². The van der Waals surface area contributed by atoms with E-state index in [2.05, 4.69) is 4.74 Å². The van der Waals surface area contributed by atoms with E-state index in [-0.39, 0.29) is 5.12 Å². The fourth-order valence-electron chi connectivity index (χ4n) is 0.704. The number of carbonyl (C=O) groups excluding carboxylic acids is 1. The minimum atomic E-state index is -1.06. The number of rotatable bonds is 3. The van der Waals surface area contributed by atoms with Gasteiger partial charge in [0.05, 0.1) is 0 Å². The van der Waals surface area contributed by atoms with E-state index in [0.29, 0.717) is 5.75 Å². The second kappa shape index (κ2) is 3.23. The first-order valence-electron chi connectivity index (χ1n) is 3.21. The minimum absolute atomic E-state index is 0.181. The molecule has 0 aromatic carbocycles. The van der Waals surface area contributed by atoms with Crippen molar-refractivity contribution in [2.75, 3.05) is 5.75 Å². The van der Waals surface area contributed by atoms with Crippen LogP contribution < -0.4 is 0 Å². The predicted octanol–water partition coefficient (Wildman–Crippen LogP) is 0.118. The Bertz CT molecular complexity index is 191. The molecule has 1 heterocycles. The molecule has 0 bridgehead atoms. The van der Waals surface area contributed by atoms with Gasteiger partial charge in [-0.15, -0.1) is 0 Å². The standard InChI is InChI=1S/C6H8O4S/c1-2-11-6(9)4-3(10-4)5(7)8/h3-4H,2H2,1H3,(H,7,8). The lowest BCUT2D eigenvalue weighted by Crippen LogP contribution is -2.13. The van der Waals surface area contributed by atoms with Gasteiger partial charge in [0.2, 0.25) is 5.12 Å². The molecule has 2 atom stereocenters. The summed E-state index contributed by atoms with van der Waals surface area (Å²) < 4.78 is 4.62. The van der Waals surface area contributed by atoms with Crippen LogP contribution in [0.1, 0.15) is 6.92 Å². The van der Waals surface area contributed by atoms with Crippen molar-refractivity contribution in [2.45, 2.75) is 19.1 Å². The summed E-state index contributed by atoms with van der Waals surface area (Å²) >= 11 is 1.10. The summed E-state index contributed by atoms with van der Waals surface area (Å²) in [6, 6.07) is 0. The first kappa shape index (κ1) is 8.55. The molecule has 62 valence electrons. The summed E-state index contributed by atoms with van der Waals surface area (Å²) in [5, 5.41) is 8.17. The van der Waals surface area contributed by atoms with Gasteiger partial charge < -0.3 is 9.84 Å². The van der Waals surface area contributed by atoms with Gasteiger partial charge in [-0.2, -0.15) is 0 Å². The van der Waals surface area contributed by atoms with Crippen LogP contribution in [0.25, 0.3) is 0 Å². The topological polar surface area (TPSA) is 66.9 Å². The van der Waals surface area contributed by atoms with Gasteiger partial charge in [0, 0.05) is 0 Å². The molecule has 0 radical (unpaired) electrons. The first-order valence-corrected chi connectivity index (χ1v) is 4.20. The van der Waals surface area contributed by atoms with E-state index in [9.17, 15) is 9.59 Å². The summed E-state index contributed by atoms with van der Waals surface area (Å²) in [7, 11) is 0. The monoisotopic (exact) mass is 176 g/mol. The molecule has 0 saturated carbocycles. The number of hydrogen-bond acceptors (Lipinski definition) is 4. The summed E-state index contributed by atoms with van der Waals surface area (Å²) in [5.74, 6) is -0.398. The normalized spacial score (nSPS) is 28.1. The summed E-state index contributed by atoms with van der Waals surface area (Å²) in [5.41, 5.74) is 0. The molecule has 0 aliphatic carbocycles. The van der Waals surface area contributed by atoms with Gasteiger partial charge >= 0.3 is 5.97 Å². The third kappa shape index (κ3) is 1.94. The maximum atomic E-state index is 10.9. The van der Waals surface area contributed by atoms with E-state index >= 15 is 0 Å². The third-order valence-corrected chi connectivity index (χ3v) is 2.06. The number of ether oxygens (including phenoxy) is 1. The Hall–Kier alpha value is -0.550. The average molecular weight is 176 g/mol. The Kier molecular flexibility index (Phi) is 2.51. The van der Waals surface area contributed by atoms with Crippen molar-refractivity contribution < 1.29 is 19.4 Å². The lowest BCUT2D eigenvalue weighted by molar-refractivity contribution is -0.138. The largest absolute Gasteiger partial charge is 0.479 e. The molecule has 11 heavy (non-hydrogen) atoms. The molecule has 1 fully saturated rings. The molecule has 1 rings (SSSR count). The zero-order valence-electron chi connectivity index (χ0n) is 5.94. The van der Waals surface area contributed by atoms with Crippen LogP contribution in [-0.2, 0) is 14.3 Å². The van der Waals surface area contributed by atoms with Crippen LogP contribution in [0.5, 0.6) is 0 Å². The van der Waals surface area contributed by atoms with E-state index in [1.165, 1.54) is 0 Å². The number of hydrogen-bond donors (Lipinski definition) is 1. The van der Waals surface area contributed by atoms with Crippen molar-refractivity contribution >= 4 is 22.8 Å². The summed E-state index contributed by atoms with van der Waals surface area (Å²) in [4.78, 5) is 21.1. The van der Waals surface area contributed by atoms with Crippen LogP contribution in [0.3, 0.4) is 0 Å². The molecule has 1 saturated heterocycles. The highest BCUT2D eigenvalue weighted by atomic mass is 32.2. The molecule has 1 N–H and O–H groups in total. The van der Waals surface area contributed by atoms with Crippen LogP contribution in [0.2, 0.25) is 0 Å². The van der Waals surface area contributed by atoms with Crippen LogP contribution in [0.4, 0.5) is 0 Å². The van der Waals surface area contributed by atoms with E-state index < -0.39 is 18.2 Å². The smallest absolute Gasteiger partial charge is 0.336 e. The van der Waals surface area contributed by atoms with Crippen molar-refractivity contribution in [2.24, 2.45) is 0 Å². The lowest BCUT2D eigenvalue weighted by Gasteiger charge is -1.88. The Morgan fingerprint density at radius 1 is 1.55 bits per heavy atom. The summed E-state index contributed by atoms with van der Waals surface area (Å²) in [6.45, 7) is 1.83. The Morgan fingerprint density at radius 3 is 2.55 bits per heavy atom. The fourth-order valence-corrected chi connectivity index (χ4v) is 1.33. The van der Waals surface area contributed by atoms with Crippen molar-refractivity contribution in [3.63, 3.8) is 0 Å². The van der Waals surface area contributed by atoms with Gasteiger partial charge in [0.15, 0.2) is 12.2 Å². The summed E-state index contributed by atoms with van der Waals surface area (Å²) in [6.07, 6.45) is -1.58. The minimum Gasteiger partial charge on any atom is -0.479 e. The van der Waals surface area contributed by atoms with Gasteiger partial charge in [-0.25, -0.2) is 4.79 Å². The molecular weight excluding hydrogens is 168 g/mol. The maximum absolute atomic E-state index is 10.9. The number of thioether (sulfide) groups is 1. The average Bonchev–Trinajstić information content (AvgIpc) is 2.65. The first-order chi connectivity index (χ1) is 5.16. The highest BCUT2D eigenvalue weighted by molar-refractivity contribution is 8.13. The molecule has 4 nitrogen and oxygen atoms in total. The Balaban J connectivity index is 2.32. The molecule has 0 aromatic heterocycles. The Labute approximate surface area is 67.9 Å². The quantitative estimate of drug-likeness (QED) is 0.618. The highest BCUT2D eigenvalue weighted by Crippen LogP contribution is 2.27. The van der Waals surface area contributed by atoms with Crippen molar-refractivity contribution in [1.29, 1.82) is 0 Å². The number of carbonyl (C=O) groups is 2. The maximum Gasteiger partial charge on any atom is 0.336 e. The van der Waals surface area contributed by atoms with E-state index in [4.69, 9.17) is 5.11 Å². The van der Waals surface area contributed by atoms with Gasteiger partial charge in [-0.05, 0) is 5.75 Å². The van der Waals surface area contributed by atoms with Crippen LogP contribution in [0, 0.1) is 0 Å². The van der Waals surface area contributed by atoms with Crippen molar-refractivity contribution in [1.82, 2.24) is 0 Å². The van der Waals surface area contributed by atoms with E-state index in [1.807, 2.05) is 6.92 Å². The van der Waals surface area contributed by atoms with Crippen LogP contribution in [-0.4, -0.2) is 34.2 Å². The molecule has 0 amide bonds. The molecule has 0 aromatic rings. The molecule has 2 unspecified atom stereocenters. The fraction of sp³-hybridized carbons (Fsp3) is 0.667. The van der Waals surface area contributed by atoms with Gasteiger partial charge in [0.1, 0.15) is 0 Å². The molecule has 5 heteroatoms. The number of carboxylic acid groups (broad SMARTS) is 1. The molecular formula is C6H8O4S. The third-order valence-electron chi connectivity index (χ3n) is 1.25. The highest BCUT2D eigenvalue weighted by Gasteiger charge is 2.50. The SMILES string of the molecule is CCSC(=O)C1OC1C(=O)O. The van der Waals surface area contributed by atoms with Gasteiger partial charge in [-0.3, -0.25) is 4.79 Å². The second-order valence-corrected chi connectivity index (χ2v) is 3.34. The van der Waals surface area contributed by atoms with Gasteiger partial charge in [0.25, 0.3) is 0 Å². The molecule has 1 aliphatic rings. The molecule has 1 aliphatic heterocycles. The second-order valence-electron chi connectivity index (χ2n) is 2.07. The molecule has 0 spiro atoms. The number of aliphatic carboxylic acids is 1. The van der Waals surface area contributed by atoms with Crippen molar-refractivity contribution in [3.8, 4) is 0 Å². The van der Waals surface area contributed by atoms with Crippen molar-refractivity contribution in [3.05, 3.63) is 0 Å². The number of epoxide rings is 1. The lowest BCUT2D eigenvalue weighted by atomic mass is 10.3. The predicted molar refractivity (Wildman–Crippen MR) is 39.4 cm³/mol. The zero-order valence-corrected chi connectivity index (χ0v) is 6.76. The van der Waals surface area contributed by atoms with Crippen LogP contribution >= 0.6 is 11.8 Å². The number of carboxylic acids is 1. The van der Waals surface area contributed by atoms with Gasteiger partial charge in [-0.1, -0.05) is 18.7 Å². The van der Waals surface area contributed by atoms with E-state index in [1.54, 1.807) is 0 Å². The Morgan fingerprint density at radius 2 is 2.18 bits per heavy atom. The van der Waals surface area contributed by atoms with E-state index in [0.717, 1.165) is 11.8 Å².